The molecular weight excluding hydrogens is 350 g/mol. The first-order valence-electron chi connectivity index (χ1n) is 8.74. The first-order valence-corrected chi connectivity index (χ1v) is 12.8. The first-order chi connectivity index (χ1) is 11.3. The third-order valence-electron chi connectivity index (χ3n) is 4.74. The smallest absolute Gasteiger partial charge is 0.192 e. The number of methoxy groups -OCH3 is 1. The fourth-order valence-electron chi connectivity index (χ4n) is 1.85. The van der Waals surface area contributed by atoms with Gasteiger partial charge in [0.15, 0.2) is 8.32 Å². The molecule has 1 aromatic carbocycles. The summed E-state index contributed by atoms with van der Waals surface area (Å²) in [5.74, 6) is 0.810. The average Bonchev–Trinajstić information content (AvgIpc) is 2.49. The highest BCUT2D eigenvalue weighted by molar-refractivity contribution is 7.84. The Hall–Kier alpha value is -0.693. The summed E-state index contributed by atoms with van der Waals surface area (Å²) in [6, 6.07) is 7.74. The third kappa shape index (κ3) is 6.51. The molecule has 0 spiro atoms. The van der Waals surface area contributed by atoms with Crippen molar-refractivity contribution in [1.82, 2.24) is 4.72 Å². The van der Waals surface area contributed by atoms with Gasteiger partial charge in [-0.05, 0) is 56.6 Å². The number of ether oxygens (including phenoxy) is 1. The molecule has 0 aromatic heterocycles. The molecule has 0 fully saturated rings. The minimum atomic E-state index is -1.88. The Bertz CT molecular complexity index is 574. The highest BCUT2D eigenvalue weighted by Crippen LogP contribution is 2.37. The van der Waals surface area contributed by atoms with E-state index in [4.69, 9.17) is 9.16 Å². The van der Waals surface area contributed by atoms with Crippen LogP contribution >= 0.6 is 0 Å². The van der Waals surface area contributed by atoms with Crippen molar-refractivity contribution in [3.63, 3.8) is 0 Å². The molecule has 1 rings (SSSR count). The van der Waals surface area contributed by atoms with Gasteiger partial charge in [0, 0.05) is 0 Å². The molecule has 0 aliphatic heterocycles. The first kappa shape index (κ1) is 22.3. The van der Waals surface area contributed by atoms with Crippen LogP contribution in [0.3, 0.4) is 0 Å². The maximum atomic E-state index is 12.6. The normalized spacial score (nSPS) is 15.7. The van der Waals surface area contributed by atoms with Crippen molar-refractivity contribution in [2.45, 2.75) is 70.5 Å². The van der Waals surface area contributed by atoms with E-state index in [0.717, 1.165) is 11.3 Å². The maximum Gasteiger partial charge on any atom is 0.192 e. The largest absolute Gasteiger partial charge is 0.497 e. The zero-order valence-electron chi connectivity index (χ0n) is 17.2. The molecule has 4 nitrogen and oxygen atoms in total. The lowest BCUT2D eigenvalue weighted by Crippen LogP contribution is -2.44. The number of hydrogen-bond donors (Lipinski definition) is 1. The van der Waals surface area contributed by atoms with E-state index in [0.29, 0.717) is 6.61 Å². The number of rotatable bonds is 7. The van der Waals surface area contributed by atoms with Gasteiger partial charge in [0.25, 0.3) is 0 Å². The van der Waals surface area contributed by atoms with Crippen LogP contribution in [0.1, 0.15) is 53.1 Å². The molecule has 0 heterocycles. The number of nitrogens with one attached hydrogen (secondary N) is 1. The van der Waals surface area contributed by atoms with Gasteiger partial charge in [-0.3, -0.25) is 0 Å². The predicted molar refractivity (Wildman–Crippen MR) is 110 cm³/mol. The standard InChI is InChI=1S/C19H35NO3SSi/c1-18(2,3)24(21)20-17(14-23-25(8,9)19(4,5)6)15-10-12-16(22-7)13-11-15/h10-13,17,20H,14H2,1-9H3/t17-,24+/m0/s1. The van der Waals surface area contributed by atoms with Crippen molar-refractivity contribution >= 4 is 19.3 Å². The SMILES string of the molecule is COc1ccc([C@H](CO[Si](C)(C)C(C)(C)C)N[S@](=O)C(C)(C)C)cc1. The van der Waals surface area contributed by atoms with Crippen LogP contribution in [0, 0.1) is 0 Å². The molecule has 1 N–H and O–H groups in total. The van der Waals surface area contributed by atoms with E-state index in [1.807, 2.05) is 45.0 Å². The molecule has 0 aliphatic rings. The second-order valence-corrected chi connectivity index (χ2v) is 15.7. The highest BCUT2D eigenvalue weighted by Gasteiger charge is 2.38. The summed E-state index contributed by atoms with van der Waals surface area (Å²) in [7, 11) is -1.40. The molecule has 0 aliphatic carbocycles. The van der Waals surface area contributed by atoms with Gasteiger partial charge >= 0.3 is 0 Å². The molecule has 1 aromatic rings. The summed E-state index contributed by atoms with van der Waals surface area (Å²) < 4.78 is 27.2. The Balaban J connectivity index is 3.00. The van der Waals surface area contributed by atoms with Gasteiger partial charge in [-0.25, -0.2) is 8.93 Å². The Kier molecular flexibility index (Phi) is 7.45. The van der Waals surface area contributed by atoms with Crippen LogP contribution in [-0.4, -0.2) is 31.0 Å². The van der Waals surface area contributed by atoms with E-state index < -0.39 is 19.3 Å². The molecule has 0 radical (unpaired) electrons. The maximum absolute atomic E-state index is 12.6. The summed E-state index contributed by atoms with van der Waals surface area (Å²) >= 11 is 0. The van der Waals surface area contributed by atoms with Crippen LogP contribution in [0.25, 0.3) is 0 Å². The topological polar surface area (TPSA) is 47.6 Å². The second-order valence-electron chi connectivity index (χ2n) is 8.90. The third-order valence-corrected chi connectivity index (χ3v) is 10.9. The summed E-state index contributed by atoms with van der Waals surface area (Å²) in [5, 5.41) is 0.140. The second kappa shape index (κ2) is 8.33. The predicted octanol–water partition coefficient (Wildman–Crippen LogP) is 4.81. The van der Waals surface area contributed by atoms with Gasteiger partial charge in [0.05, 0.1) is 35.5 Å². The van der Waals surface area contributed by atoms with E-state index in [9.17, 15) is 4.21 Å². The highest BCUT2D eigenvalue weighted by atomic mass is 32.2. The van der Waals surface area contributed by atoms with E-state index in [-0.39, 0.29) is 15.8 Å². The van der Waals surface area contributed by atoms with Crippen LogP contribution in [-0.2, 0) is 15.4 Å². The Morgan fingerprint density at radius 2 is 1.60 bits per heavy atom. The van der Waals surface area contributed by atoms with Crippen molar-refractivity contribution in [2.24, 2.45) is 0 Å². The van der Waals surface area contributed by atoms with Gasteiger partial charge in [-0.15, -0.1) is 0 Å². The molecular formula is C19H35NO3SSi. The lowest BCUT2D eigenvalue weighted by atomic mass is 10.1. The fraction of sp³-hybridized carbons (Fsp3) is 0.684. The van der Waals surface area contributed by atoms with Crippen LogP contribution in [0.2, 0.25) is 18.1 Å². The average molecular weight is 386 g/mol. The van der Waals surface area contributed by atoms with Crippen molar-refractivity contribution < 1.29 is 13.4 Å². The van der Waals surface area contributed by atoms with Crippen molar-refractivity contribution in [3.8, 4) is 5.75 Å². The van der Waals surface area contributed by atoms with Crippen LogP contribution in [0.5, 0.6) is 5.75 Å². The fourth-order valence-corrected chi connectivity index (χ4v) is 3.68. The van der Waals surface area contributed by atoms with Crippen molar-refractivity contribution in [3.05, 3.63) is 29.8 Å². The van der Waals surface area contributed by atoms with Gasteiger partial charge in [0.1, 0.15) is 5.75 Å². The van der Waals surface area contributed by atoms with E-state index >= 15 is 0 Å². The molecule has 0 amide bonds. The monoisotopic (exact) mass is 385 g/mol. The molecule has 2 atom stereocenters. The zero-order chi connectivity index (χ0) is 19.5. The summed E-state index contributed by atoms with van der Waals surface area (Å²) in [4.78, 5) is 0. The molecule has 0 bridgehead atoms. The van der Waals surface area contributed by atoms with E-state index in [2.05, 4.69) is 38.6 Å². The molecule has 0 saturated heterocycles. The zero-order valence-corrected chi connectivity index (χ0v) is 19.0. The minimum Gasteiger partial charge on any atom is -0.497 e. The lowest BCUT2D eigenvalue weighted by Gasteiger charge is -2.37. The van der Waals surface area contributed by atoms with E-state index in [1.54, 1.807) is 7.11 Å². The molecule has 144 valence electrons. The summed E-state index contributed by atoms with van der Waals surface area (Å²) in [6.45, 7) is 17.6. The van der Waals surface area contributed by atoms with Crippen molar-refractivity contribution in [2.75, 3.05) is 13.7 Å². The molecule has 0 saturated carbocycles. The quantitative estimate of drug-likeness (QED) is 0.685. The minimum absolute atomic E-state index is 0.125. The lowest BCUT2D eigenvalue weighted by molar-refractivity contribution is 0.257. The van der Waals surface area contributed by atoms with Crippen LogP contribution in [0.4, 0.5) is 0 Å². The Morgan fingerprint density at radius 3 is 2.00 bits per heavy atom. The van der Waals surface area contributed by atoms with Crippen molar-refractivity contribution in [1.29, 1.82) is 0 Å². The number of hydrogen-bond acceptors (Lipinski definition) is 3. The summed E-state index contributed by atoms with van der Waals surface area (Å²) in [6.07, 6.45) is 0. The number of benzene rings is 1. The van der Waals surface area contributed by atoms with Crippen LogP contribution in [0.15, 0.2) is 24.3 Å². The van der Waals surface area contributed by atoms with Gasteiger partial charge in [-0.1, -0.05) is 32.9 Å². The van der Waals surface area contributed by atoms with E-state index in [1.165, 1.54) is 0 Å². The molecule has 25 heavy (non-hydrogen) atoms. The molecule has 0 unspecified atom stereocenters. The Morgan fingerprint density at radius 1 is 1.08 bits per heavy atom. The van der Waals surface area contributed by atoms with Gasteiger partial charge < -0.3 is 9.16 Å². The summed E-state index contributed by atoms with van der Waals surface area (Å²) in [5.41, 5.74) is 1.05. The van der Waals surface area contributed by atoms with Crippen LogP contribution < -0.4 is 9.46 Å². The Labute approximate surface area is 157 Å². The molecule has 6 heteroatoms. The van der Waals surface area contributed by atoms with Gasteiger partial charge in [-0.2, -0.15) is 0 Å². The van der Waals surface area contributed by atoms with Gasteiger partial charge in [0.2, 0.25) is 0 Å².